The van der Waals surface area contributed by atoms with Crippen molar-refractivity contribution in [1.82, 2.24) is 0 Å². The molecule has 0 bridgehead atoms. The summed E-state index contributed by atoms with van der Waals surface area (Å²) in [6, 6.07) is 8.27. The molecule has 1 saturated heterocycles. The van der Waals surface area contributed by atoms with Crippen molar-refractivity contribution in [2.75, 3.05) is 13.2 Å². The van der Waals surface area contributed by atoms with E-state index in [1.54, 1.807) is 0 Å². The molecule has 1 aromatic carbocycles. The van der Waals surface area contributed by atoms with E-state index in [0.29, 0.717) is 0 Å². The van der Waals surface area contributed by atoms with Crippen LogP contribution in [0.4, 0.5) is 0 Å². The first-order chi connectivity index (χ1) is 8.25. The lowest BCUT2D eigenvalue weighted by atomic mass is 10.0. The zero-order chi connectivity index (χ0) is 11.7. The average molecular weight is 233 g/mol. The van der Waals surface area contributed by atoms with Crippen LogP contribution in [0.5, 0.6) is 5.75 Å². The second kappa shape index (κ2) is 4.31. The minimum Gasteiger partial charge on any atom is -0.485 e. The fraction of sp³-hybridized carbons (Fsp3) is 0.571. The summed E-state index contributed by atoms with van der Waals surface area (Å²) in [4.78, 5) is 0. The van der Waals surface area contributed by atoms with E-state index in [9.17, 15) is 0 Å². The summed E-state index contributed by atoms with van der Waals surface area (Å²) >= 11 is 0. The van der Waals surface area contributed by atoms with Crippen molar-refractivity contribution in [2.45, 2.75) is 37.3 Å². The van der Waals surface area contributed by atoms with Gasteiger partial charge in [-0.05, 0) is 37.3 Å². The molecule has 17 heavy (non-hydrogen) atoms. The maximum atomic E-state index is 6.12. The molecule has 92 valence electrons. The van der Waals surface area contributed by atoms with Crippen molar-refractivity contribution in [1.29, 1.82) is 0 Å². The zero-order valence-corrected chi connectivity index (χ0v) is 10.0. The molecule has 2 fully saturated rings. The normalized spacial score (nSPS) is 21.9. The van der Waals surface area contributed by atoms with Gasteiger partial charge in [0.05, 0.1) is 13.2 Å². The van der Waals surface area contributed by atoms with Crippen LogP contribution in [0.1, 0.15) is 24.8 Å². The number of benzene rings is 1. The monoisotopic (exact) mass is 233 g/mol. The molecule has 1 aliphatic carbocycles. The van der Waals surface area contributed by atoms with Crippen molar-refractivity contribution in [3.8, 4) is 5.75 Å². The Morgan fingerprint density at radius 1 is 1.29 bits per heavy atom. The largest absolute Gasteiger partial charge is 0.485 e. The molecule has 1 aromatic rings. The lowest BCUT2D eigenvalue weighted by Gasteiger charge is -2.27. The first-order valence-corrected chi connectivity index (χ1v) is 6.36. The SMILES string of the molecule is NC1(CCc2ccccc2OC2COC2)CC1. The van der Waals surface area contributed by atoms with Gasteiger partial charge in [0.25, 0.3) is 0 Å². The van der Waals surface area contributed by atoms with Crippen LogP contribution in [0.15, 0.2) is 24.3 Å². The molecule has 2 aliphatic rings. The highest BCUT2D eigenvalue weighted by molar-refractivity contribution is 5.34. The molecule has 0 atom stereocenters. The highest BCUT2D eigenvalue weighted by Gasteiger charge is 2.37. The van der Waals surface area contributed by atoms with Crippen molar-refractivity contribution < 1.29 is 9.47 Å². The molecule has 1 heterocycles. The van der Waals surface area contributed by atoms with Gasteiger partial charge in [-0.25, -0.2) is 0 Å². The molecule has 0 amide bonds. The highest BCUT2D eigenvalue weighted by Crippen LogP contribution is 2.37. The Hall–Kier alpha value is -1.06. The minimum absolute atomic E-state index is 0.118. The maximum absolute atomic E-state index is 6.12. The number of hydrogen-bond acceptors (Lipinski definition) is 3. The first-order valence-electron chi connectivity index (χ1n) is 6.36. The Bertz CT molecular complexity index is 397. The van der Waals surface area contributed by atoms with E-state index < -0.39 is 0 Å². The van der Waals surface area contributed by atoms with Crippen LogP contribution in [-0.4, -0.2) is 24.9 Å². The molecule has 0 spiro atoms. The van der Waals surface area contributed by atoms with Gasteiger partial charge in [-0.1, -0.05) is 18.2 Å². The average Bonchev–Trinajstić information content (AvgIpc) is 3.01. The van der Waals surface area contributed by atoms with Crippen LogP contribution < -0.4 is 10.5 Å². The van der Waals surface area contributed by atoms with E-state index in [1.165, 1.54) is 18.4 Å². The van der Waals surface area contributed by atoms with E-state index in [0.717, 1.165) is 31.8 Å². The summed E-state index contributed by atoms with van der Waals surface area (Å²) in [6.45, 7) is 1.43. The van der Waals surface area contributed by atoms with Crippen LogP contribution in [0, 0.1) is 0 Å². The van der Waals surface area contributed by atoms with Crippen molar-refractivity contribution in [3.05, 3.63) is 29.8 Å². The first kappa shape index (κ1) is 11.1. The summed E-state index contributed by atoms with van der Waals surface area (Å²) in [5.74, 6) is 1.00. The number of nitrogens with two attached hydrogens (primary N) is 1. The minimum atomic E-state index is 0.118. The van der Waals surface area contributed by atoms with Crippen molar-refractivity contribution in [3.63, 3.8) is 0 Å². The third-order valence-electron chi connectivity index (χ3n) is 3.66. The van der Waals surface area contributed by atoms with E-state index in [-0.39, 0.29) is 11.6 Å². The summed E-state index contributed by atoms with van der Waals surface area (Å²) in [5, 5.41) is 0. The highest BCUT2D eigenvalue weighted by atomic mass is 16.6. The fourth-order valence-corrected chi connectivity index (χ4v) is 2.08. The van der Waals surface area contributed by atoms with Gasteiger partial charge in [-0.2, -0.15) is 0 Å². The molecule has 2 N–H and O–H groups in total. The number of aryl methyl sites for hydroxylation is 1. The number of rotatable bonds is 5. The van der Waals surface area contributed by atoms with Gasteiger partial charge in [0, 0.05) is 5.54 Å². The molecule has 1 saturated carbocycles. The van der Waals surface area contributed by atoms with Crippen molar-refractivity contribution >= 4 is 0 Å². The van der Waals surface area contributed by atoms with E-state index in [2.05, 4.69) is 12.1 Å². The van der Waals surface area contributed by atoms with Gasteiger partial charge >= 0.3 is 0 Å². The third kappa shape index (κ3) is 2.61. The summed E-state index contributed by atoms with van der Waals surface area (Å²) in [5.41, 5.74) is 7.51. The van der Waals surface area contributed by atoms with E-state index >= 15 is 0 Å². The number of ether oxygens (including phenoxy) is 2. The molecule has 3 nitrogen and oxygen atoms in total. The lowest BCUT2D eigenvalue weighted by molar-refractivity contribution is -0.0800. The zero-order valence-electron chi connectivity index (χ0n) is 10.0. The number of para-hydroxylation sites is 1. The fourth-order valence-electron chi connectivity index (χ4n) is 2.08. The molecule has 0 aromatic heterocycles. The van der Waals surface area contributed by atoms with Gasteiger partial charge < -0.3 is 15.2 Å². The summed E-state index contributed by atoms with van der Waals surface area (Å²) in [7, 11) is 0. The van der Waals surface area contributed by atoms with Crippen LogP contribution in [0.25, 0.3) is 0 Å². The van der Waals surface area contributed by atoms with E-state index in [4.69, 9.17) is 15.2 Å². The predicted molar refractivity (Wildman–Crippen MR) is 66.2 cm³/mol. The van der Waals surface area contributed by atoms with Crippen LogP contribution in [0.3, 0.4) is 0 Å². The van der Waals surface area contributed by atoms with Crippen LogP contribution >= 0.6 is 0 Å². The molecule has 3 rings (SSSR count). The molecule has 1 aliphatic heterocycles. The maximum Gasteiger partial charge on any atom is 0.145 e. The lowest BCUT2D eigenvalue weighted by Crippen LogP contribution is -2.38. The van der Waals surface area contributed by atoms with Gasteiger partial charge in [0.2, 0.25) is 0 Å². The van der Waals surface area contributed by atoms with Gasteiger partial charge in [0.1, 0.15) is 11.9 Å². The predicted octanol–water partition coefficient (Wildman–Crippen LogP) is 1.89. The van der Waals surface area contributed by atoms with Gasteiger partial charge in [-0.15, -0.1) is 0 Å². The van der Waals surface area contributed by atoms with Crippen LogP contribution in [0.2, 0.25) is 0 Å². The topological polar surface area (TPSA) is 44.5 Å². The second-order valence-electron chi connectivity index (χ2n) is 5.25. The number of hydrogen-bond donors (Lipinski definition) is 1. The molecule has 0 unspecified atom stereocenters. The van der Waals surface area contributed by atoms with Crippen LogP contribution in [-0.2, 0) is 11.2 Å². The third-order valence-corrected chi connectivity index (χ3v) is 3.66. The smallest absolute Gasteiger partial charge is 0.145 e. The Kier molecular flexibility index (Phi) is 2.81. The quantitative estimate of drug-likeness (QED) is 0.844. The standard InChI is InChI=1S/C14H19NO2/c15-14(7-8-14)6-5-11-3-1-2-4-13(11)17-12-9-16-10-12/h1-4,12H,5-10,15H2. The Morgan fingerprint density at radius 3 is 2.71 bits per heavy atom. The van der Waals surface area contributed by atoms with E-state index in [1.807, 2.05) is 12.1 Å². The molecule has 0 radical (unpaired) electrons. The Morgan fingerprint density at radius 2 is 2.06 bits per heavy atom. The Labute approximate surface area is 102 Å². The van der Waals surface area contributed by atoms with Gasteiger partial charge in [-0.3, -0.25) is 0 Å². The second-order valence-corrected chi connectivity index (χ2v) is 5.25. The Balaban J connectivity index is 1.64. The molecular formula is C14H19NO2. The molecule has 3 heteroatoms. The van der Waals surface area contributed by atoms with Gasteiger partial charge in [0.15, 0.2) is 0 Å². The summed E-state index contributed by atoms with van der Waals surface area (Å²) in [6.07, 6.45) is 4.66. The molecular weight excluding hydrogens is 214 g/mol. The van der Waals surface area contributed by atoms with Crippen molar-refractivity contribution in [2.24, 2.45) is 5.73 Å². The summed E-state index contributed by atoms with van der Waals surface area (Å²) < 4.78 is 11.0.